The summed E-state index contributed by atoms with van der Waals surface area (Å²) in [5, 5.41) is 2.23. The second-order valence-electron chi connectivity index (χ2n) is 25.0. The number of hydrogen-bond donors (Lipinski definition) is 0. The van der Waals surface area contributed by atoms with Crippen LogP contribution in [-0.4, -0.2) is 14.1 Å². The van der Waals surface area contributed by atoms with Crippen LogP contribution >= 0.6 is 0 Å². The number of para-hydroxylation sites is 1. The van der Waals surface area contributed by atoms with E-state index in [4.69, 9.17) is 13.8 Å². The third-order valence-electron chi connectivity index (χ3n) is 14.2. The fraction of sp³-hybridized carbons (Fsp3) is 0.294. The highest BCUT2D eigenvalue weighted by Gasteiger charge is 2.29. The van der Waals surface area contributed by atoms with Crippen LogP contribution in [0.2, 0.25) is 0 Å². The molecule has 5 heteroatoms. The molecule has 0 spiro atoms. The quantitative estimate of drug-likeness (QED) is 0.118. The van der Waals surface area contributed by atoms with Gasteiger partial charge in [0.05, 0.1) is 40.3 Å². The minimum Gasteiger partial charge on any atom is -0.458 e. The van der Waals surface area contributed by atoms with E-state index in [1.807, 2.05) is 41.1 Å². The highest BCUT2D eigenvalue weighted by Crippen LogP contribution is 2.42. The third kappa shape index (κ3) is 9.51. The maximum atomic E-state index is 9.39. The predicted octanol–water partition coefficient (Wildman–Crippen LogP) is 17.8. The van der Waals surface area contributed by atoms with Gasteiger partial charge in [0.1, 0.15) is 17.3 Å². The van der Waals surface area contributed by atoms with Gasteiger partial charge in [-0.05, 0) is 132 Å². The maximum Gasteiger partial charge on any atom is 0.269 e. The van der Waals surface area contributed by atoms with Gasteiger partial charge in [0.25, 0.3) is 6.33 Å². The first-order valence-electron chi connectivity index (χ1n) is 28.1. The summed E-state index contributed by atoms with van der Waals surface area (Å²) in [5.41, 5.74) is 12.5. The van der Waals surface area contributed by atoms with Gasteiger partial charge in [0, 0.05) is 23.0 Å². The molecule has 0 bridgehead atoms. The van der Waals surface area contributed by atoms with Crippen LogP contribution in [0.3, 0.4) is 0 Å². The molecule has 10 aromatic rings. The van der Waals surface area contributed by atoms with Gasteiger partial charge in [-0.2, -0.15) is 0 Å². The molecule has 5 nitrogen and oxygen atoms in total. The zero-order valence-electron chi connectivity index (χ0n) is 50.4. The van der Waals surface area contributed by atoms with Gasteiger partial charge >= 0.3 is 0 Å². The highest BCUT2D eigenvalue weighted by atomic mass is 16.5. The molecule has 10 rings (SSSR count). The summed E-state index contributed by atoms with van der Waals surface area (Å²) in [7, 11) is 0. The van der Waals surface area contributed by atoms with Crippen molar-refractivity contribution in [2.45, 2.75) is 131 Å². The van der Waals surface area contributed by atoms with E-state index < -0.39 is 11.5 Å². The van der Waals surface area contributed by atoms with Gasteiger partial charge in [0.15, 0.2) is 0 Å². The van der Waals surface area contributed by atoms with E-state index in [2.05, 4.69) is 216 Å². The average molecular weight is 966 g/mol. The van der Waals surface area contributed by atoms with E-state index in [0.717, 1.165) is 66.6 Å². The van der Waals surface area contributed by atoms with E-state index in [0.29, 0.717) is 22.7 Å². The number of aromatic nitrogens is 4. The van der Waals surface area contributed by atoms with Crippen LogP contribution in [-0.2, 0) is 27.1 Å². The van der Waals surface area contributed by atoms with Crippen molar-refractivity contribution in [1.82, 2.24) is 14.1 Å². The summed E-state index contributed by atoms with van der Waals surface area (Å²) >= 11 is 0. The fourth-order valence-corrected chi connectivity index (χ4v) is 9.85. The van der Waals surface area contributed by atoms with Gasteiger partial charge in [-0.3, -0.25) is 13.7 Å². The van der Waals surface area contributed by atoms with E-state index in [9.17, 15) is 2.74 Å². The Hall–Kier alpha value is -7.24. The second-order valence-corrected chi connectivity index (χ2v) is 25.0. The summed E-state index contributed by atoms with van der Waals surface area (Å²) in [4.78, 5) is 4.91. The first-order chi connectivity index (χ1) is 36.4. The molecule has 0 fully saturated rings. The summed E-state index contributed by atoms with van der Waals surface area (Å²) in [6, 6.07) is 43.0. The lowest BCUT2D eigenvalue weighted by atomic mass is 9.77. The Morgan fingerprint density at radius 2 is 1.14 bits per heavy atom. The van der Waals surface area contributed by atoms with Gasteiger partial charge in [-0.25, -0.2) is 4.98 Å². The molecule has 0 saturated carbocycles. The number of fused-ring (bicyclic) bond motifs is 4. The standard InChI is InChI=1S/C68H72N4O/c1-64(2,3)47-32-33-69-62(40-47)72-58-27-20-19-26-54(58)55-30-29-53(42-60(55)72)73-52-25-21-24-51(41-52)70-43-71(63-56(44-22-17-16-18-23-44)38-50(67(10,11)12)39-57(63)68(13,14)15)59-31-28-45(36-61(59)70)46-34-48(65(4,5)6)37-49(35-46)66(7,8)9/h16-42H,1-15H3/i16D,17D,18D,22D,23D. The molecule has 0 N–H and O–H groups in total. The molecule has 0 aliphatic carbocycles. The molecular formula is C68H72N4O. The van der Waals surface area contributed by atoms with Crippen LogP contribution in [0.5, 0.6) is 11.5 Å². The van der Waals surface area contributed by atoms with Crippen LogP contribution in [0.25, 0.3) is 72.3 Å². The molecule has 7 aromatic carbocycles. The van der Waals surface area contributed by atoms with E-state index in [-0.39, 0.29) is 51.4 Å². The molecule has 0 radical (unpaired) electrons. The average Bonchev–Trinajstić information content (AvgIpc) is 4.04. The normalized spacial score (nSPS) is 13.8. The Morgan fingerprint density at radius 3 is 1.81 bits per heavy atom. The lowest BCUT2D eigenvalue weighted by molar-refractivity contribution is -0.572. The Kier molecular flexibility index (Phi) is 10.5. The summed E-state index contributed by atoms with van der Waals surface area (Å²) in [6.07, 6.45) is 5.71. The van der Waals surface area contributed by atoms with Crippen LogP contribution < -0.4 is 9.30 Å². The lowest BCUT2D eigenvalue weighted by Gasteiger charge is -2.30. The molecule has 0 unspecified atom stereocenters. The topological polar surface area (TPSA) is 35.9 Å². The molecule has 370 valence electrons. The number of hydrogen-bond acceptors (Lipinski definition) is 2. The molecule has 3 heterocycles. The number of imidazole rings is 1. The van der Waals surface area contributed by atoms with Crippen LogP contribution in [0, 0.1) is 6.33 Å². The Bertz CT molecular complexity index is 3970. The number of rotatable bonds is 7. The highest BCUT2D eigenvalue weighted by molar-refractivity contribution is 6.09. The summed E-state index contributed by atoms with van der Waals surface area (Å²) in [5.74, 6) is 2.13. The van der Waals surface area contributed by atoms with Crippen molar-refractivity contribution in [2.24, 2.45) is 0 Å². The number of nitrogens with zero attached hydrogens (tertiary/aromatic N) is 4. The number of ether oxygens (including phenoxy) is 1. The Balaban J connectivity index is 1.22. The lowest BCUT2D eigenvalue weighted by Crippen LogP contribution is -2.35. The number of pyridine rings is 1. The molecular weight excluding hydrogens is 889 g/mol. The van der Waals surface area contributed by atoms with Gasteiger partial charge < -0.3 is 4.74 Å². The van der Waals surface area contributed by atoms with Crippen LogP contribution in [0.1, 0.15) is 139 Å². The van der Waals surface area contributed by atoms with Crippen molar-refractivity contribution < 1.29 is 16.2 Å². The Morgan fingerprint density at radius 1 is 0.493 bits per heavy atom. The van der Waals surface area contributed by atoms with Gasteiger partial charge in [0.2, 0.25) is 0 Å². The van der Waals surface area contributed by atoms with E-state index in [1.165, 1.54) is 16.7 Å². The van der Waals surface area contributed by atoms with Crippen LogP contribution in [0.4, 0.5) is 0 Å². The SMILES string of the molecule is [2H]c1c([2H])c([2H])c(-c2cc(C(C)(C)C)cc(C(C)(C)C)c2-[n+]2[c-]n(-c3cccc(Oc4ccc5c6ccccc6n(-c6cc(C(C)(C)C)ccn6)c5c4)c3)c3cc(-c4cc(C(C)(C)C)cc(C(C)(C)C)c4)ccc32)c([2H])c1[2H]. The molecule has 0 atom stereocenters. The monoisotopic (exact) mass is 966 g/mol. The summed E-state index contributed by atoms with van der Waals surface area (Å²) < 4.78 is 58.3. The van der Waals surface area contributed by atoms with Crippen molar-refractivity contribution in [2.75, 3.05) is 0 Å². The maximum absolute atomic E-state index is 9.39. The second kappa shape index (κ2) is 17.8. The smallest absolute Gasteiger partial charge is 0.269 e. The first-order valence-corrected chi connectivity index (χ1v) is 25.6. The number of benzene rings is 7. The van der Waals surface area contributed by atoms with Gasteiger partial charge in [-0.15, -0.1) is 0 Å². The Labute approximate surface area is 441 Å². The molecule has 0 saturated heterocycles. The van der Waals surface area contributed by atoms with Crippen LogP contribution in [0.15, 0.2) is 164 Å². The zero-order valence-corrected chi connectivity index (χ0v) is 45.4. The zero-order chi connectivity index (χ0) is 56.3. The van der Waals surface area contributed by atoms with Crippen molar-refractivity contribution in [3.63, 3.8) is 0 Å². The van der Waals surface area contributed by atoms with Crippen molar-refractivity contribution in [1.29, 1.82) is 0 Å². The summed E-state index contributed by atoms with van der Waals surface area (Å²) in [6.45, 7) is 33.1. The minimum atomic E-state index is -0.476. The van der Waals surface area contributed by atoms with E-state index >= 15 is 0 Å². The molecule has 0 aliphatic heterocycles. The minimum absolute atomic E-state index is 0.0649. The van der Waals surface area contributed by atoms with E-state index in [1.54, 1.807) is 0 Å². The fourth-order valence-electron chi connectivity index (χ4n) is 9.85. The third-order valence-corrected chi connectivity index (χ3v) is 14.2. The molecule has 73 heavy (non-hydrogen) atoms. The molecule has 0 amide bonds. The first kappa shape index (κ1) is 43.4. The predicted molar refractivity (Wildman–Crippen MR) is 307 cm³/mol. The van der Waals surface area contributed by atoms with Crippen molar-refractivity contribution in [3.8, 4) is 50.9 Å². The molecule has 3 aromatic heterocycles. The van der Waals surface area contributed by atoms with Crippen molar-refractivity contribution in [3.05, 3.63) is 198 Å². The molecule has 0 aliphatic rings. The largest absolute Gasteiger partial charge is 0.458 e. The van der Waals surface area contributed by atoms with Crippen molar-refractivity contribution >= 4 is 32.8 Å². The van der Waals surface area contributed by atoms with Gasteiger partial charge in [-0.1, -0.05) is 201 Å².